The maximum atomic E-state index is 11.9. The van der Waals surface area contributed by atoms with Gasteiger partial charge in [-0.25, -0.2) is 0 Å². The van der Waals surface area contributed by atoms with Crippen LogP contribution in [0.2, 0.25) is 0 Å². The van der Waals surface area contributed by atoms with Crippen LogP contribution in [0, 0.1) is 6.92 Å². The molecule has 13 heavy (non-hydrogen) atoms. The van der Waals surface area contributed by atoms with E-state index in [1.54, 1.807) is 12.1 Å². The van der Waals surface area contributed by atoms with Gasteiger partial charge < -0.3 is 5.73 Å². The zero-order valence-electron chi connectivity index (χ0n) is 7.06. The second-order valence-electron chi connectivity index (χ2n) is 2.87. The van der Waals surface area contributed by atoms with Gasteiger partial charge in [0.05, 0.1) is 6.42 Å². The van der Waals surface area contributed by atoms with Gasteiger partial charge in [0.2, 0.25) is 0 Å². The molecular weight excluding hydrogens is 199 g/mol. The molecule has 1 aromatic heterocycles. The molecule has 1 rings (SSSR count). The van der Waals surface area contributed by atoms with Crippen LogP contribution in [0.3, 0.4) is 0 Å². The summed E-state index contributed by atoms with van der Waals surface area (Å²) in [4.78, 5) is 1.57. The van der Waals surface area contributed by atoms with E-state index in [0.717, 1.165) is 4.88 Å². The fraction of sp³-hybridized carbons (Fsp3) is 0.500. The van der Waals surface area contributed by atoms with Crippen molar-refractivity contribution in [3.63, 3.8) is 0 Å². The molecule has 5 heteroatoms. The number of nitrogens with two attached hydrogens (primary N) is 1. The first-order chi connectivity index (χ1) is 5.88. The van der Waals surface area contributed by atoms with Gasteiger partial charge in [-0.2, -0.15) is 13.2 Å². The third-order valence-electron chi connectivity index (χ3n) is 1.58. The number of aryl methyl sites for hydroxylation is 1. The minimum atomic E-state index is -4.18. The molecule has 0 bridgehead atoms. The Kier molecular flexibility index (Phi) is 2.98. The first-order valence-corrected chi connectivity index (χ1v) is 4.59. The van der Waals surface area contributed by atoms with Crippen molar-refractivity contribution in [2.45, 2.75) is 25.6 Å². The lowest BCUT2D eigenvalue weighted by Gasteiger charge is -2.11. The summed E-state index contributed by atoms with van der Waals surface area (Å²) in [6.45, 7) is 1.84. The molecule has 0 saturated carbocycles. The van der Waals surface area contributed by atoms with E-state index < -0.39 is 18.6 Å². The summed E-state index contributed by atoms with van der Waals surface area (Å²) in [5, 5.41) is 0. The maximum Gasteiger partial charge on any atom is 0.390 e. The minimum absolute atomic E-state index is 0.592. The Hall–Kier alpha value is -0.550. The molecule has 0 aliphatic heterocycles. The standard InChI is InChI=1S/C8H10F3NS/c1-5-2-3-7(13-5)6(12)4-8(9,10)11/h2-3,6H,4,12H2,1H3. The summed E-state index contributed by atoms with van der Waals surface area (Å²) in [6.07, 6.45) is -5.13. The molecule has 1 nitrogen and oxygen atoms in total. The molecule has 1 aromatic rings. The molecule has 0 amide bonds. The normalized spacial score (nSPS) is 14.5. The van der Waals surface area contributed by atoms with Gasteiger partial charge in [-0.15, -0.1) is 11.3 Å². The third kappa shape index (κ3) is 3.36. The number of hydrogen-bond donors (Lipinski definition) is 1. The van der Waals surface area contributed by atoms with Crippen molar-refractivity contribution in [2.75, 3.05) is 0 Å². The van der Waals surface area contributed by atoms with Gasteiger partial charge in [-0.1, -0.05) is 0 Å². The summed E-state index contributed by atoms with van der Waals surface area (Å²) in [5.41, 5.74) is 5.38. The van der Waals surface area contributed by atoms with Gasteiger partial charge in [-0.3, -0.25) is 0 Å². The smallest absolute Gasteiger partial charge is 0.323 e. The van der Waals surface area contributed by atoms with Crippen molar-refractivity contribution >= 4 is 11.3 Å². The number of thiophene rings is 1. The third-order valence-corrected chi connectivity index (χ3v) is 2.71. The van der Waals surface area contributed by atoms with Gasteiger partial charge in [0.15, 0.2) is 0 Å². The van der Waals surface area contributed by atoms with E-state index in [0.29, 0.717) is 4.88 Å². The van der Waals surface area contributed by atoms with Crippen molar-refractivity contribution in [3.05, 3.63) is 21.9 Å². The minimum Gasteiger partial charge on any atom is -0.323 e. The van der Waals surface area contributed by atoms with Gasteiger partial charge >= 0.3 is 6.18 Å². The molecule has 0 saturated heterocycles. The van der Waals surface area contributed by atoms with Crippen LogP contribution in [-0.2, 0) is 0 Å². The summed E-state index contributed by atoms with van der Waals surface area (Å²) < 4.78 is 35.8. The first-order valence-electron chi connectivity index (χ1n) is 3.77. The summed E-state index contributed by atoms with van der Waals surface area (Å²) in [7, 11) is 0. The van der Waals surface area contributed by atoms with E-state index in [1.165, 1.54) is 11.3 Å². The van der Waals surface area contributed by atoms with Gasteiger partial charge in [0.25, 0.3) is 0 Å². The highest BCUT2D eigenvalue weighted by Crippen LogP contribution is 2.30. The SMILES string of the molecule is Cc1ccc(C(N)CC(F)(F)F)s1. The van der Waals surface area contributed by atoms with Crippen LogP contribution < -0.4 is 5.73 Å². The van der Waals surface area contributed by atoms with Crippen LogP contribution in [0.4, 0.5) is 13.2 Å². The molecule has 0 aromatic carbocycles. The fourth-order valence-corrected chi connectivity index (χ4v) is 1.88. The Morgan fingerprint density at radius 3 is 2.46 bits per heavy atom. The number of halogens is 3. The lowest BCUT2D eigenvalue weighted by molar-refractivity contribution is -0.138. The molecule has 1 atom stereocenters. The molecule has 0 spiro atoms. The number of rotatable bonds is 2. The Balaban J connectivity index is 2.64. The Morgan fingerprint density at radius 1 is 1.46 bits per heavy atom. The molecule has 2 N–H and O–H groups in total. The Morgan fingerprint density at radius 2 is 2.08 bits per heavy atom. The largest absolute Gasteiger partial charge is 0.390 e. The predicted octanol–water partition coefficient (Wildman–Crippen LogP) is 3.01. The topological polar surface area (TPSA) is 26.0 Å². The fourth-order valence-electron chi connectivity index (χ4n) is 1.00. The highest BCUT2D eigenvalue weighted by molar-refractivity contribution is 7.12. The van der Waals surface area contributed by atoms with Crippen molar-refractivity contribution in [3.8, 4) is 0 Å². The van der Waals surface area contributed by atoms with Crippen LogP contribution in [0.1, 0.15) is 22.2 Å². The average molecular weight is 209 g/mol. The lowest BCUT2D eigenvalue weighted by Crippen LogP contribution is -2.19. The van der Waals surface area contributed by atoms with Crippen LogP contribution in [0.25, 0.3) is 0 Å². The number of alkyl halides is 3. The van der Waals surface area contributed by atoms with Crippen LogP contribution >= 0.6 is 11.3 Å². The van der Waals surface area contributed by atoms with E-state index in [2.05, 4.69) is 0 Å². The van der Waals surface area contributed by atoms with Crippen LogP contribution in [-0.4, -0.2) is 6.18 Å². The molecule has 1 unspecified atom stereocenters. The molecule has 0 aliphatic carbocycles. The predicted molar refractivity (Wildman–Crippen MR) is 46.7 cm³/mol. The lowest BCUT2D eigenvalue weighted by atomic mass is 10.2. The summed E-state index contributed by atoms with van der Waals surface area (Å²) in [5.74, 6) is 0. The van der Waals surface area contributed by atoms with E-state index in [4.69, 9.17) is 5.73 Å². The van der Waals surface area contributed by atoms with E-state index >= 15 is 0 Å². The van der Waals surface area contributed by atoms with Crippen LogP contribution in [0.15, 0.2) is 12.1 Å². The zero-order valence-corrected chi connectivity index (χ0v) is 7.88. The van der Waals surface area contributed by atoms with Crippen molar-refractivity contribution in [2.24, 2.45) is 5.73 Å². The van der Waals surface area contributed by atoms with E-state index in [1.807, 2.05) is 6.92 Å². The first kappa shape index (κ1) is 10.5. The van der Waals surface area contributed by atoms with Gasteiger partial charge in [0.1, 0.15) is 0 Å². The highest BCUT2D eigenvalue weighted by atomic mass is 32.1. The second kappa shape index (κ2) is 3.67. The average Bonchev–Trinajstić information content (AvgIpc) is 2.31. The zero-order chi connectivity index (χ0) is 10.1. The molecule has 0 fully saturated rings. The summed E-state index contributed by atoms with van der Waals surface area (Å²) >= 11 is 1.31. The van der Waals surface area contributed by atoms with Crippen molar-refractivity contribution in [1.82, 2.24) is 0 Å². The van der Waals surface area contributed by atoms with Crippen molar-refractivity contribution < 1.29 is 13.2 Å². The van der Waals surface area contributed by atoms with E-state index in [9.17, 15) is 13.2 Å². The van der Waals surface area contributed by atoms with Gasteiger partial charge in [-0.05, 0) is 19.1 Å². The Bertz CT molecular complexity index is 279. The van der Waals surface area contributed by atoms with Gasteiger partial charge in [0, 0.05) is 15.8 Å². The quantitative estimate of drug-likeness (QED) is 0.796. The monoisotopic (exact) mass is 209 g/mol. The van der Waals surface area contributed by atoms with E-state index in [-0.39, 0.29) is 0 Å². The summed E-state index contributed by atoms with van der Waals surface area (Å²) in [6, 6.07) is 2.51. The van der Waals surface area contributed by atoms with Crippen LogP contribution in [0.5, 0.6) is 0 Å². The molecule has 1 heterocycles. The maximum absolute atomic E-state index is 11.9. The second-order valence-corrected chi connectivity index (χ2v) is 4.19. The Labute approximate surface area is 78.4 Å². The van der Waals surface area contributed by atoms with Crippen molar-refractivity contribution in [1.29, 1.82) is 0 Å². The molecular formula is C8H10F3NS. The number of hydrogen-bond acceptors (Lipinski definition) is 2. The molecule has 0 radical (unpaired) electrons. The molecule has 74 valence electrons. The highest BCUT2D eigenvalue weighted by Gasteiger charge is 2.31. The molecule has 0 aliphatic rings.